The number of benzene rings is 3. The average Bonchev–Trinajstić information content (AvgIpc) is 2.88. The van der Waals surface area contributed by atoms with Gasteiger partial charge in [0.15, 0.2) is 5.75 Å². The van der Waals surface area contributed by atoms with Crippen molar-refractivity contribution in [1.82, 2.24) is 0 Å². The van der Waals surface area contributed by atoms with Crippen LogP contribution in [0.4, 0.5) is 0 Å². The van der Waals surface area contributed by atoms with E-state index in [1.165, 1.54) is 0 Å². The average molecular weight is 466 g/mol. The molecule has 1 aromatic heterocycles. The maximum absolute atomic E-state index is 13.2. The molecule has 7 nitrogen and oxygen atoms in total. The number of ether oxygens (including phenoxy) is 3. The van der Waals surface area contributed by atoms with Gasteiger partial charge in [-0.3, -0.25) is 0 Å². The number of aryl methyl sites for hydroxylation is 1. The molecule has 0 bridgehead atoms. The molecule has 5 rings (SSSR count). The summed E-state index contributed by atoms with van der Waals surface area (Å²) in [5, 5.41) is 10.6. The van der Waals surface area contributed by atoms with Crippen LogP contribution in [0, 0.1) is 18.3 Å². The van der Waals surface area contributed by atoms with Crippen LogP contribution < -0.4 is 25.6 Å². The highest BCUT2D eigenvalue weighted by molar-refractivity contribution is 5.87. The van der Waals surface area contributed by atoms with Crippen LogP contribution >= 0.6 is 0 Å². The molecule has 0 spiro atoms. The van der Waals surface area contributed by atoms with E-state index in [1.54, 1.807) is 26.4 Å². The molecule has 3 aromatic carbocycles. The van der Waals surface area contributed by atoms with Gasteiger partial charge in [0.25, 0.3) is 0 Å². The van der Waals surface area contributed by atoms with Gasteiger partial charge in [0.05, 0.1) is 31.1 Å². The standard InChI is InChI=1S/C28H22N2O5/c1-15-7-9-23-20(11-15)26-25(28(31)34-23)24(21(14-29)27(30)35-26)17-8-10-22(33-3)19(13-17)16-5-4-6-18(12-16)32-2/h4-13,24H,30H2,1-3H3. The van der Waals surface area contributed by atoms with Gasteiger partial charge in [-0.05, 0) is 54.4 Å². The van der Waals surface area contributed by atoms with E-state index in [1.807, 2.05) is 55.5 Å². The maximum Gasteiger partial charge on any atom is 0.344 e. The van der Waals surface area contributed by atoms with Crippen molar-refractivity contribution in [3.05, 3.63) is 99.2 Å². The molecule has 0 amide bonds. The Hall–Kier alpha value is -4.70. The summed E-state index contributed by atoms with van der Waals surface area (Å²) in [6.45, 7) is 1.93. The van der Waals surface area contributed by atoms with Gasteiger partial charge in [-0.2, -0.15) is 5.26 Å². The Morgan fingerprint density at radius 2 is 1.86 bits per heavy atom. The van der Waals surface area contributed by atoms with Gasteiger partial charge >= 0.3 is 5.63 Å². The molecule has 7 heteroatoms. The molecular weight excluding hydrogens is 444 g/mol. The van der Waals surface area contributed by atoms with Crippen LogP contribution in [0.5, 0.6) is 17.2 Å². The number of fused-ring (bicyclic) bond motifs is 3. The highest BCUT2D eigenvalue weighted by Gasteiger charge is 2.36. The second-order valence-electron chi connectivity index (χ2n) is 8.25. The minimum Gasteiger partial charge on any atom is -0.497 e. The van der Waals surface area contributed by atoms with Crippen LogP contribution in [0.1, 0.15) is 22.6 Å². The molecule has 0 aliphatic carbocycles. The third-order valence-corrected chi connectivity index (χ3v) is 6.16. The summed E-state index contributed by atoms with van der Waals surface area (Å²) in [6, 6.07) is 20.6. The quantitative estimate of drug-likeness (QED) is 0.422. The van der Waals surface area contributed by atoms with Crippen molar-refractivity contribution in [2.24, 2.45) is 5.73 Å². The van der Waals surface area contributed by atoms with E-state index in [2.05, 4.69) is 6.07 Å². The Balaban J connectivity index is 1.79. The molecule has 35 heavy (non-hydrogen) atoms. The first-order valence-corrected chi connectivity index (χ1v) is 10.9. The first-order chi connectivity index (χ1) is 16.9. The van der Waals surface area contributed by atoms with Gasteiger partial charge in [-0.25, -0.2) is 4.79 Å². The molecule has 0 saturated heterocycles. The number of hydrogen-bond donors (Lipinski definition) is 1. The predicted octanol–water partition coefficient (Wildman–Crippen LogP) is 5.00. The van der Waals surface area contributed by atoms with Gasteiger partial charge in [-0.15, -0.1) is 0 Å². The van der Waals surface area contributed by atoms with Gasteiger partial charge in [0.2, 0.25) is 5.88 Å². The third kappa shape index (κ3) is 3.65. The van der Waals surface area contributed by atoms with Crippen LogP contribution in [0.3, 0.4) is 0 Å². The number of nitrogens with zero attached hydrogens (tertiary/aromatic N) is 1. The van der Waals surface area contributed by atoms with Crippen LogP contribution in [0.2, 0.25) is 0 Å². The van der Waals surface area contributed by atoms with Crippen LogP contribution in [0.15, 0.2) is 81.3 Å². The number of hydrogen-bond acceptors (Lipinski definition) is 7. The van der Waals surface area contributed by atoms with E-state index in [0.717, 1.165) is 16.7 Å². The predicted molar refractivity (Wildman–Crippen MR) is 132 cm³/mol. The Bertz CT molecular complexity index is 1610. The second-order valence-corrected chi connectivity index (χ2v) is 8.25. The lowest BCUT2D eigenvalue weighted by molar-refractivity contribution is 0.388. The highest BCUT2D eigenvalue weighted by Crippen LogP contribution is 2.45. The second kappa shape index (κ2) is 8.58. The van der Waals surface area contributed by atoms with E-state index in [-0.39, 0.29) is 17.0 Å². The molecule has 2 N–H and O–H groups in total. The number of nitriles is 1. The van der Waals surface area contributed by atoms with Crippen molar-refractivity contribution >= 4 is 11.0 Å². The molecule has 0 radical (unpaired) electrons. The van der Waals surface area contributed by atoms with E-state index < -0.39 is 11.5 Å². The zero-order valence-corrected chi connectivity index (χ0v) is 19.4. The van der Waals surface area contributed by atoms with Crippen molar-refractivity contribution in [2.45, 2.75) is 12.8 Å². The van der Waals surface area contributed by atoms with Gasteiger partial charge in [0, 0.05) is 5.56 Å². The first kappa shape index (κ1) is 22.1. The molecule has 174 valence electrons. The third-order valence-electron chi connectivity index (χ3n) is 6.16. The summed E-state index contributed by atoms with van der Waals surface area (Å²) in [6.07, 6.45) is 0. The van der Waals surface area contributed by atoms with E-state index in [4.69, 9.17) is 24.4 Å². The number of rotatable bonds is 4. The van der Waals surface area contributed by atoms with E-state index >= 15 is 0 Å². The molecule has 2 heterocycles. The van der Waals surface area contributed by atoms with Crippen LogP contribution in [0.25, 0.3) is 22.1 Å². The Morgan fingerprint density at radius 1 is 1.03 bits per heavy atom. The molecule has 1 aliphatic rings. The summed E-state index contributed by atoms with van der Waals surface area (Å²) in [7, 11) is 3.19. The molecule has 0 saturated carbocycles. The Labute approximate surface area is 201 Å². The first-order valence-electron chi connectivity index (χ1n) is 10.9. The molecule has 1 aliphatic heterocycles. The summed E-state index contributed by atoms with van der Waals surface area (Å²) in [5.74, 6) is 0.805. The van der Waals surface area contributed by atoms with E-state index in [0.29, 0.717) is 33.8 Å². The summed E-state index contributed by atoms with van der Waals surface area (Å²) in [4.78, 5) is 13.2. The Morgan fingerprint density at radius 3 is 2.60 bits per heavy atom. The minimum atomic E-state index is -0.778. The molecule has 4 aromatic rings. The number of allylic oxidation sites excluding steroid dienone is 1. The van der Waals surface area contributed by atoms with Crippen molar-refractivity contribution < 1.29 is 18.6 Å². The van der Waals surface area contributed by atoms with Crippen molar-refractivity contribution in [2.75, 3.05) is 14.2 Å². The van der Waals surface area contributed by atoms with Gasteiger partial charge in [0.1, 0.15) is 28.7 Å². The molecule has 1 atom stereocenters. The zero-order chi connectivity index (χ0) is 24.7. The number of nitrogens with two attached hydrogens (primary N) is 1. The lowest BCUT2D eigenvalue weighted by Crippen LogP contribution is -2.26. The fourth-order valence-corrected chi connectivity index (χ4v) is 4.49. The van der Waals surface area contributed by atoms with Gasteiger partial charge in [-0.1, -0.05) is 29.8 Å². The lowest BCUT2D eigenvalue weighted by Gasteiger charge is -2.26. The van der Waals surface area contributed by atoms with Crippen molar-refractivity contribution in [3.8, 4) is 34.4 Å². The summed E-state index contributed by atoms with van der Waals surface area (Å²) in [5.41, 5.74) is 9.65. The molecule has 0 fully saturated rings. The fraction of sp³-hybridized carbons (Fsp3) is 0.143. The van der Waals surface area contributed by atoms with E-state index in [9.17, 15) is 10.1 Å². The zero-order valence-electron chi connectivity index (χ0n) is 19.4. The minimum absolute atomic E-state index is 0.0443. The molecule has 1 unspecified atom stereocenters. The van der Waals surface area contributed by atoms with Crippen molar-refractivity contribution in [1.29, 1.82) is 5.26 Å². The number of methoxy groups -OCH3 is 2. The van der Waals surface area contributed by atoms with Crippen LogP contribution in [-0.2, 0) is 0 Å². The summed E-state index contributed by atoms with van der Waals surface area (Å²) < 4.78 is 22.5. The van der Waals surface area contributed by atoms with Gasteiger partial charge < -0.3 is 24.4 Å². The smallest absolute Gasteiger partial charge is 0.344 e. The monoisotopic (exact) mass is 466 g/mol. The lowest BCUT2D eigenvalue weighted by atomic mass is 9.82. The fourth-order valence-electron chi connectivity index (χ4n) is 4.49. The largest absolute Gasteiger partial charge is 0.497 e. The maximum atomic E-state index is 13.2. The normalized spacial score (nSPS) is 14.7. The molecular formula is C28H22N2O5. The van der Waals surface area contributed by atoms with Crippen LogP contribution in [-0.4, -0.2) is 14.2 Å². The van der Waals surface area contributed by atoms with Crippen molar-refractivity contribution in [3.63, 3.8) is 0 Å². The highest BCUT2D eigenvalue weighted by atomic mass is 16.5. The Kier molecular flexibility index (Phi) is 5.42. The SMILES string of the molecule is COc1cccc(-c2cc(C3C(C#N)=C(N)Oc4c3c(=O)oc3ccc(C)cc43)ccc2OC)c1. The summed E-state index contributed by atoms with van der Waals surface area (Å²) >= 11 is 0. The topological polar surface area (TPSA) is 108 Å².